The van der Waals surface area contributed by atoms with Gasteiger partial charge in [-0.3, -0.25) is 14.2 Å². The second-order valence-corrected chi connectivity index (χ2v) is 27.9. The number of rotatable bonds is 68. The van der Waals surface area contributed by atoms with Crippen LogP contribution in [-0.2, 0) is 27.9 Å². The Hall–Kier alpha value is -1.51. The van der Waals surface area contributed by atoms with Crippen molar-refractivity contribution in [2.45, 2.75) is 392 Å². The van der Waals surface area contributed by atoms with Gasteiger partial charge in [-0.1, -0.05) is 334 Å². The lowest BCUT2D eigenvalue weighted by Gasteiger charge is -2.30. The Labute approximate surface area is 517 Å². The molecule has 0 rings (SSSR count). The number of phosphoric acid groups is 1. The number of phosphoric ester groups is 1. The highest BCUT2D eigenvalue weighted by molar-refractivity contribution is 7.45. The van der Waals surface area contributed by atoms with Crippen molar-refractivity contribution in [3.05, 3.63) is 24.3 Å². The number of nitrogens with one attached hydrogen (secondary N) is 1. The molecule has 0 spiro atoms. The lowest BCUT2D eigenvalue weighted by atomic mass is 10.0. The third-order valence-corrected chi connectivity index (χ3v) is 17.8. The molecule has 0 aliphatic heterocycles. The number of amides is 1. The third-order valence-electron chi connectivity index (χ3n) is 16.9. The van der Waals surface area contributed by atoms with Crippen molar-refractivity contribution in [2.24, 2.45) is 0 Å². The molecule has 9 nitrogen and oxygen atoms in total. The van der Waals surface area contributed by atoms with Gasteiger partial charge < -0.3 is 28.5 Å². The summed E-state index contributed by atoms with van der Waals surface area (Å²) in [5, 5.41) is 3.05. The zero-order valence-corrected chi connectivity index (χ0v) is 57.3. The summed E-state index contributed by atoms with van der Waals surface area (Å²) in [6.45, 7) is 6.91. The quantitative estimate of drug-likeness (QED) is 0.0212. The van der Waals surface area contributed by atoms with Crippen LogP contribution in [0.4, 0.5) is 0 Å². The summed E-state index contributed by atoms with van der Waals surface area (Å²) < 4.78 is 30.5. The molecule has 3 atom stereocenters. The molecule has 1 amide bonds. The fraction of sp³-hybridized carbons (Fsp3) is 0.918. The van der Waals surface area contributed by atoms with Crippen molar-refractivity contribution in [1.29, 1.82) is 0 Å². The Morgan fingerprint density at radius 2 is 0.699 bits per heavy atom. The first-order valence-electron chi connectivity index (χ1n) is 36.6. The van der Waals surface area contributed by atoms with E-state index >= 15 is 0 Å². The SMILES string of the molecule is CCCCCCCC/C=C/CCCCCCCCCCCCCC(=O)OC(/C=C/CCCCCCCCCCC)C(COP(=O)([O-])OCC[N+](C)(C)C)NC(=O)CCCCCCCCCCCCCCCCCCCCCCCCCCC. The van der Waals surface area contributed by atoms with E-state index in [0.717, 1.165) is 57.8 Å². The number of unbranched alkanes of at least 4 members (excludes halogenated alkanes) is 50. The molecule has 0 aliphatic carbocycles. The Kier molecular flexibility index (Phi) is 62.4. The topological polar surface area (TPSA) is 114 Å². The van der Waals surface area contributed by atoms with Gasteiger partial charge in [-0.2, -0.15) is 0 Å². The van der Waals surface area contributed by atoms with E-state index in [1.54, 1.807) is 0 Å². The molecular formula is C73H143N2O7P. The van der Waals surface area contributed by atoms with Crippen molar-refractivity contribution in [3.63, 3.8) is 0 Å². The van der Waals surface area contributed by atoms with Crippen LogP contribution in [0.5, 0.6) is 0 Å². The molecule has 0 heterocycles. The van der Waals surface area contributed by atoms with Crippen LogP contribution in [0.2, 0.25) is 0 Å². The summed E-state index contributed by atoms with van der Waals surface area (Å²) in [7, 11) is 1.21. The van der Waals surface area contributed by atoms with E-state index in [1.807, 2.05) is 33.3 Å². The molecule has 0 aromatic rings. The fourth-order valence-corrected chi connectivity index (χ4v) is 12.0. The number of nitrogens with zero attached hydrogens (tertiary/aromatic N) is 1. The van der Waals surface area contributed by atoms with E-state index in [4.69, 9.17) is 13.8 Å². The second-order valence-electron chi connectivity index (χ2n) is 26.5. The van der Waals surface area contributed by atoms with E-state index in [9.17, 15) is 19.0 Å². The zero-order chi connectivity index (χ0) is 60.7. The van der Waals surface area contributed by atoms with Crippen LogP contribution in [0, 0.1) is 0 Å². The summed E-state index contributed by atoms with van der Waals surface area (Å²) in [4.78, 5) is 40.2. The Bertz CT molecular complexity index is 1470. The van der Waals surface area contributed by atoms with Gasteiger partial charge in [-0.15, -0.1) is 0 Å². The molecule has 0 saturated heterocycles. The van der Waals surface area contributed by atoms with Gasteiger partial charge in [-0.05, 0) is 57.4 Å². The molecule has 0 bridgehead atoms. The maximum absolute atomic E-state index is 13.6. The van der Waals surface area contributed by atoms with Gasteiger partial charge >= 0.3 is 5.97 Å². The number of hydrogen-bond acceptors (Lipinski definition) is 7. The van der Waals surface area contributed by atoms with E-state index < -0.39 is 20.0 Å². The van der Waals surface area contributed by atoms with Gasteiger partial charge in [0, 0.05) is 12.8 Å². The maximum atomic E-state index is 13.6. The van der Waals surface area contributed by atoms with Crippen molar-refractivity contribution < 1.29 is 37.3 Å². The Balaban J connectivity index is 4.95. The lowest BCUT2D eigenvalue weighted by Crippen LogP contribution is -2.47. The zero-order valence-electron chi connectivity index (χ0n) is 56.4. The number of quaternary nitrogens is 1. The molecule has 83 heavy (non-hydrogen) atoms. The number of likely N-dealkylation sites (N-methyl/N-ethyl adjacent to an activating group) is 1. The van der Waals surface area contributed by atoms with Gasteiger partial charge in [-0.25, -0.2) is 0 Å². The predicted molar refractivity (Wildman–Crippen MR) is 358 cm³/mol. The minimum atomic E-state index is -4.70. The van der Waals surface area contributed by atoms with E-state index in [1.165, 1.54) is 289 Å². The van der Waals surface area contributed by atoms with Gasteiger partial charge in [0.15, 0.2) is 0 Å². The Morgan fingerprint density at radius 3 is 1.02 bits per heavy atom. The molecule has 1 N–H and O–H groups in total. The Morgan fingerprint density at radius 1 is 0.410 bits per heavy atom. The van der Waals surface area contributed by atoms with Crippen LogP contribution in [0.25, 0.3) is 0 Å². The van der Waals surface area contributed by atoms with E-state index in [2.05, 4.69) is 38.2 Å². The first-order valence-corrected chi connectivity index (χ1v) is 38.1. The van der Waals surface area contributed by atoms with Crippen LogP contribution in [-0.4, -0.2) is 69.4 Å². The molecule has 0 aliphatic rings. The minimum Gasteiger partial charge on any atom is -0.756 e. The molecule has 3 unspecified atom stereocenters. The van der Waals surface area contributed by atoms with Crippen LogP contribution in [0.15, 0.2) is 24.3 Å². The molecule has 0 aromatic heterocycles. The molecule has 10 heteroatoms. The van der Waals surface area contributed by atoms with Crippen LogP contribution in [0.1, 0.15) is 380 Å². The normalized spacial score (nSPS) is 13.6. The van der Waals surface area contributed by atoms with Crippen molar-refractivity contribution in [1.82, 2.24) is 5.32 Å². The smallest absolute Gasteiger partial charge is 0.306 e. The highest BCUT2D eigenvalue weighted by atomic mass is 31.2. The summed E-state index contributed by atoms with van der Waals surface area (Å²) in [6, 6.07) is -0.883. The molecule has 0 fully saturated rings. The van der Waals surface area contributed by atoms with Gasteiger partial charge in [0.1, 0.15) is 19.3 Å². The van der Waals surface area contributed by atoms with E-state index in [0.29, 0.717) is 17.4 Å². The highest BCUT2D eigenvalue weighted by Crippen LogP contribution is 2.38. The van der Waals surface area contributed by atoms with E-state index in [-0.39, 0.29) is 31.5 Å². The number of ether oxygens (including phenoxy) is 1. The first kappa shape index (κ1) is 81.5. The maximum Gasteiger partial charge on any atom is 0.306 e. The molecular weight excluding hydrogens is 1050 g/mol. The van der Waals surface area contributed by atoms with Crippen molar-refractivity contribution >= 4 is 19.7 Å². The monoisotopic (exact) mass is 1190 g/mol. The van der Waals surface area contributed by atoms with Gasteiger partial charge in [0.2, 0.25) is 5.91 Å². The third kappa shape index (κ3) is 64.8. The standard InChI is InChI=1S/C73H143N2O7P/c1-7-10-13-16-19-22-25-27-29-31-33-35-36-37-38-40-41-43-45-47-50-53-56-59-62-65-72(76)74-70(69-81-83(78,79)80-68-67-75(4,5)6)71(64-61-58-55-52-49-24-21-18-15-12-9-3)82-73(77)66-63-60-57-54-51-48-46-44-42-39-34-32-30-28-26-23-20-17-14-11-8-2/h28,30,61,64,70-71H,7-27,29,31-60,62-63,65-69H2,1-6H3,(H-,74,76,78,79)/b30-28+,64-61+. The number of hydrogen-bond donors (Lipinski definition) is 1. The summed E-state index contributed by atoms with van der Waals surface area (Å²) in [5.41, 5.74) is 0. The first-order chi connectivity index (χ1) is 40.4. The second kappa shape index (κ2) is 63.5. The number of carbonyl (C=O) groups is 2. The van der Waals surface area contributed by atoms with Crippen molar-refractivity contribution in [2.75, 3.05) is 40.9 Å². The van der Waals surface area contributed by atoms with Crippen LogP contribution >= 0.6 is 7.82 Å². The fourth-order valence-electron chi connectivity index (χ4n) is 11.2. The molecule has 0 aromatic carbocycles. The average molecular weight is 1190 g/mol. The average Bonchev–Trinajstić information content (AvgIpc) is 3.51. The van der Waals surface area contributed by atoms with Gasteiger partial charge in [0.05, 0.1) is 33.8 Å². The molecule has 492 valence electrons. The minimum absolute atomic E-state index is 0.0182. The molecule has 0 saturated carbocycles. The summed E-state index contributed by atoms with van der Waals surface area (Å²) in [5.74, 6) is -0.519. The largest absolute Gasteiger partial charge is 0.756 e. The lowest BCUT2D eigenvalue weighted by molar-refractivity contribution is -0.870. The van der Waals surface area contributed by atoms with Crippen LogP contribution in [0.3, 0.4) is 0 Å². The number of allylic oxidation sites excluding steroid dienone is 3. The summed E-state index contributed by atoms with van der Waals surface area (Å²) in [6.07, 6.45) is 77.4. The summed E-state index contributed by atoms with van der Waals surface area (Å²) >= 11 is 0. The number of carbonyl (C=O) groups excluding carboxylic acids is 2. The number of esters is 1. The predicted octanol–water partition coefficient (Wildman–Crippen LogP) is 22.6. The van der Waals surface area contributed by atoms with Crippen LogP contribution < -0.4 is 10.2 Å². The van der Waals surface area contributed by atoms with Crippen molar-refractivity contribution in [3.8, 4) is 0 Å². The molecule has 0 radical (unpaired) electrons. The highest BCUT2D eigenvalue weighted by Gasteiger charge is 2.27. The van der Waals surface area contributed by atoms with Gasteiger partial charge in [0.25, 0.3) is 7.82 Å².